The zero-order valence-electron chi connectivity index (χ0n) is 15.1. The van der Waals surface area contributed by atoms with Crippen LogP contribution in [0, 0.1) is 0 Å². The molecule has 1 N–H and O–H groups in total. The summed E-state index contributed by atoms with van der Waals surface area (Å²) in [6, 6.07) is 19.2. The van der Waals surface area contributed by atoms with E-state index in [2.05, 4.69) is 5.32 Å². The lowest BCUT2D eigenvalue weighted by Gasteiger charge is -2.14. The number of fused-ring (bicyclic) bond motifs is 1. The van der Waals surface area contributed by atoms with E-state index in [4.69, 9.17) is 37.4 Å². The van der Waals surface area contributed by atoms with Crippen LogP contribution in [-0.2, 0) is 19.7 Å². The SMILES string of the molecule is Clc1ccc(OCc2ccccc2Cl)c(CNCc2ccc3c(c2)OCO3)c1. The molecule has 0 spiro atoms. The molecule has 0 aliphatic carbocycles. The summed E-state index contributed by atoms with van der Waals surface area (Å²) in [6.07, 6.45) is 0. The highest BCUT2D eigenvalue weighted by Gasteiger charge is 2.13. The minimum absolute atomic E-state index is 0.279. The molecule has 0 unspecified atom stereocenters. The van der Waals surface area contributed by atoms with Crippen molar-refractivity contribution in [3.63, 3.8) is 0 Å². The molecule has 0 fully saturated rings. The Bertz CT molecular complexity index is 978. The van der Waals surface area contributed by atoms with Crippen molar-refractivity contribution in [2.24, 2.45) is 0 Å². The molecular weight excluding hydrogens is 397 g/mol. The Balaban J connectivity index is 1.39. The molecule has 0 aromatic heterocycles. The fraction of sp³-hybridized carbons (Fsp3) is 0.182. The molecule has 0 bridgehead atoms. The van der Waals surface area contributed by atoms with Gasteiger partial charge in [-0.15, -0.1) is 0 Å². The molecule has 0 saturated carbocycles. The van der Waals surface area contributed by atoms with Crippen molar-refractivity contribution in [1.82, 2.24) is 5.32 Å². The molecule has 6 heteroatoms. The zero-order valence-corrected chi connectivity index (χ0v) is 16.6. The molecule has 3 aromatic carbocycles. The Labute approximate surface area is 173 Å². The first-order chi connectivity index (χ1) is 13.7. The smallest absolute Gasteiger partial charge is 0.231 e. The van der Waals surface area contributed by atoms with Crippen molar-refractivity contribution in [2.45, 2.75) is 19.7 Å². The van der Waals surface area contributed by atoms with Gasteiger partial charge in [-0.25, -0.2) is 0 Å². The van der Waals surface area contributed by atoms with Gasteiger partial charge in [0.2, 0.25) is 6.79 Å². The maximum Gasteiger partial charge on any atom is 0.231 e. The lowest BCUT2D eigenvalue weighted by atomic mass is 10.1. The highest BCUT2D eigenvalue weighted by molar-refractivity contribution is 6.31. The second-order valence-electron chi connectivity index (χ2n) is 6.42. The van der Waals surface area contributed by atoms with E-state index in [-0.39, 0.29) is 6.79 Å². The molecule has 1 aliphatic rings. The lowest BCUT2D eigenvalue weighted by Crippen LogP contribution is -2.13. The summed E-state index contributed by atoms with van der Waals surface area (Å²) in [5.41, 5.74) is 3.04. The first kappa shape index (κ1) is 18.9. The van der Waals surface area contributed by atoms with Crippen LogP contribution in [0.4, 0.5) is 0 Å². The maximum atomic E-state index is 6.21. The monoisotopic (exact) mass is 415 g/mol. The number of ether oxygens (including phenoxy) is 3. The summed E-state index contributed by atoms with van der Waals surface area (Å²) in [5, 5.41) is 4.79. The van der Waals surface area contributed by atoms with Crippen LogP contribution in [0.3, 0.4) is 0 Å². The van der Waals surface area contributed by atoms with E-state index >= 15 is 0 Å². The lowest BCUT2D eigenvalue weighted by molar-refractivity contribution is 0.174. The Morgan fingerprint density at radius 2 is 1.71 bits per heavy atom. The van der Waals surface area contributed by atoms with Gasteiger partial charge < -0.3 is 19.5 Å². The number of hydrogen-bond donors (Lipinski definition) is 1. The maximum absolute atomic E-state index is 6.21. The third-order valence-corrected chi connectivity index (χ3v) is 5.05. The van der Waals surface area contributed by atoms with Crippen LogP contribution in [0.1, 0.15) is 16.7 Å². The topological polar surface area (TPSA) is 39.7 Å². The van der Waals surface area contributed by atoms with Gasteiger partial charge in [0.15, 0.2) is 11.5 Å². The number of halogens is 2. The van der Waals surface area contributed by atoms with Gasteiger partial charge in [-0.05, 0) is 42.0 Å². The van der Waals surface area contributed by atoms with E-state index in [1.807, 2.05) is 60.7 Å². The first-order valence-corrected chi connectivity index (χ1v) is 9.68. The standard InChI is InChI=1S/C22H19Cl2NO3/c23-18-6-8-20(26-13-16-3-1-2-4-19(16)24)17(10-18)12-25-11-15-5-7-21-22(9-15)28-14-27-21/h1-10,25H,11-14H2. The van der Waals surface area contributed by atoms with Gasteiger partial charge in [0, 0.05) is 34.3 Å². The molecule has 0 saturated heterocycles. The van der Waals surface area contributed by atoms with Crippen molar-refractivity contribution in [2.75, 3.05) is 6.79 Å². The van der Waals surface area contributed by atoms with Gasteiger partial charge >= 0.3 is 0 Å². The van der Waals surface area contributed by atoms with Gasteiger partial charge in [0.05, 0.1) is 0 Å². The summed E-state index contributed by atoms with van der Waals surface area (Å²) in [7, 11) is 0. The van der Waals surface area contributed by atoms with Crippen LogP contribution in [0.2, 0.25) is 10.0 Å². The summed E-state index contributed by atoms with van der Waals surface area (Å²) < 4.78 is 16.8. The summed E-state index contributed by atoms with van der Waals surface area (Å²) in [6.45, 7) is 1.98. The Morgan fingerprint density at radius 3 is 2.61 bits per heavy atom. The van der Waals surface area contributed by atoms with Crippen molar-refractivity contribution in [1.29, 1.82) is 0 Å². The second kappa shape index (κ2) is 8.74. The van der Waals surface area contributed by atoms with Crippen LogP contribution in [0.25, 0.3) is 0 Å². The molecule has 0 radical (unpaired) electrons. The highest BCUT2D eigenvalue weighted by Crippen LogP contribution is 2.32. The normalized spacial score (nSPS) is 12.2. The average Bonchev–Trinajstić information content (AvgIpc) is 3.16. The molecule has 3 aromatic rings. The van der Waals surface area contributed by atoms with Crippen LogP contribution in [-0.4, -0.2) is 6.79 Å². The van der Waals surface area contributed by atoms with Crippen LogP contribution in [0.5, 0.6) is 17.2 Å². The van der Waals surface area contributed by atoms with Gasteiger partial charge in [0.25, 0.3) is 0 Å². The molecular formula is C22H19Cl2NO3. The van der Waals surface area contributed by atoms with E-state index in [9.17, 15) is 0 Å². The third-order valence-electron chi connectivity index (χ3n) is 4.45. The molecule has 1 heterocycles. The Morgan fingerprint density at radius 1 is 0.857 bits per heavy atom. The van der Waals surface area contributed by atoms with Gasteiger partial charge in [0.1, 0.15) is 12.4 Å². The molecule has 0 atom stereocenters. The Kier molecular flexibility index (Phi) is 5.91. The first-order valence-electron chi connectivity index (χ1n) is 8.93. The van der Waals surface area contributed by atoms with E-state index in [1.54, 1.807) is 0 Å². The van der Waals surface area contributed by atoms with Gasteiger partial charge in [-0.3, -0.25) is 0 Å². The zero-order chi connectivity index (χ0) is 19.3. The fourth-order valence-electron chi connectivity index (χ4n) is 2.99. The quantitative estimate of drug-likeness (QED) is 0.545. The second-order valence-corrected chi connectivity index (χ2v) is 7.27. The fourth-order valence-corrected chi connectivity index (χ4v) is 3.38. The van der Waals surface area contributed by atoms with E-state index in [0.29, 0.717) is 29.7 Å². The highest BCUT2D eigenvalue weighted by atomic mass is 35.5. The van der Waals surface area contributed by atoms with E-state index in [1.165, 1.54) is 0 Å². The van der Waals surface area contributed by atoms with Gasteiger partial charge in [-0.1, -0.05) is 47.5 Å². The molecule has 4 rings (SSSR count). The minimum atomic E-state index is 0.279. The predicted molar refractivity (Wildman–Crippen MR) is 110 cm³/mol. The van der Waals surface area contributed by atoms with E-state index in [0.717, 1.165) is 33.9 Å². The largest absolute Gasteiger partial charge is 0.489 e. The number of hydrogen-bond acceptors (Lipinski definition) is 4. The van der Waals surface area contributed by atoms with Crippen LogP contribution >= 0.6 is 23.2 Å². The van der Waals surface area contributed by atoms with Crippen LogP contribution < -0.4 is 19.5 Å². The van der Waals surface area contributed by atoms with Crippen LogP contribution in [0.15, 0.2) is 60.7 Å². The average molecular weight is 416 g/mol. The summed E-state index contributed by atoms with van der Waals surface area (Å²) in [5.74, 6) is 2.35. The summed E-state index contributed by atoms with van der Waals surface area (Å²) >= 11 is 12.4. The molecule has 0 amide bonds. The number of benzene rings is 3. The van der Waals surface area contributed by atoms with Crippen molar-refractivity contribution in [3.05, 3.63) is 87.4 Å². The molecule has 144 valence electrons. The molecule has 1 aliphatic heterocycles. The van der Waals surface area contributed by atoms with E-state index < -0.39 is 0 Å². The summed E-state index contributed by atoms with van der Waals surface area (Å²) in [4.78, 5) is 0. The molecule has 4 nitrogen and oxygen atoms in total. The van der Waals surface area contributed by atoms with Crippen molar-refractivity contribution in [3.8, 4) is 17.2 Å². The van der Waals surface area contributed by atoms with Crippen molar-refractivity contribution >= 4 is 23.2 Å². The van der Waals surface area contributed by atoms with Crippen molar-refractivity contribution < 1.29 is 14.2 Å². The minimum Gasteiger partial charge on any atom is -0.489 e. The molecule has 28 heavy (non-hydrogen) atoms. The number of rotatable bonds is 7. The number of nitrogens with one attached hydrogen (secondary N) is 1. The van der Waals surface area contributed by atoms with Gasteiger partial charge in [-0.2, -0.15) is 0 Å². The third kappa shape index (κ3) is 4.53. The predicted octanol–water partition coefficient (Wildman–Crippen LogP) is 5.59. The Hall–Kier alpha value is -2.40.